The molecular weight excluding hydrogens is 166 g/mol. The minimum atomic E-state index is -2.75. The van der Waals surface area contributed by atoms with Crippen molar-refractivity contribution in [2.24, 2.45) is 5.92 Å². The molecule has 2 atom stereocenters. The van der Waals surface area contributed by atoms with Crippen LogP contribution in [0.5, 0.6) is 0 Å². The van der Waals surface area contributed by atoms with Crippen LogP contribution in [0.4, 0.5) is 8.78 Å². The summed E-state index contributed by atoms with van der Waals surface area (Å²) in [7, 11) is 0. The second-order valence-electron chi connectivity index (χ2n) is 3.00. The Labute approximate surface area is 67.8 Å². The maximum Gasteiger partial charge on any atom is 0.261 e. The van der Waals surface area contributed by atoms with Crippen LogP contribution in [0.25, 0.3) is 0 Å². The standard InChI is InChI=1S/C8H8F2O2/c9-8(10)6(3-11)7(8)5-1-2-12-4-5/h1-2,4,6-7,11H,3H2/t6-,7-/m1/s1. The van der Waals surface area contributed by atoms with Crippen molar-refractivity contribution in [3.05, 3.63) is 24.2 Å². The molecule has 1 N–H and O–H groups in total. The Hall–Kier alpha value is -0.900. The Kier molecular flexibility index (Phi) is 1.48. The van der Waals surface area contributed by atoms with Crippen molar-refractivity contribution < 1.29 is 18.3 Å². The number of rotatable bonds is 2. The molecule has 0 aromatic carbocycles. The molecule has 1 saturated carbocycles. The van der Waals surface area contributed by atoms with E-state index in [1.54, 1.807) is 0 Å². The van der Waals surface area contributed by atoms with Gasteiger partial charge in [0.05, 0.1) is 31.0 Å². The third-order valence-corrected chi connectivity index (χ3v) is 2.30. The van der Waals surface area contributed by atoms with Crippen molar-refractivity contribution in [1.82, 2.24) is 0 Å². The number of alkyl halides is 2. The molecule has 0 bridgehead atoms. The Morgan fingerprint density at radius 3 is 2.75 bits per heavy atom. The van der Waals surface area contributed by atoms with Crippen molar-refractivity contribution in [2.45, 2.75) is 11.8 Å². The number of hydrogen-bond donors (Lipinski definition) is 1. The van der Waals surface area contributed by atoms with Crippen LogP contribution in [0.1, 0.15) is 11.5 Å². The van der Waals surface area contributed by atoms with E-state index in [0.29, 0.717) is 5.56 Å². The average molecular weight is 174 g/mol. The summed E-state index contributed by atoms with van der Waals surface area (Å²) >= 11 is 0. The summed E-state index contributed by atoms with van der Waals surface area (Å²) in [5.41, 5.74) is 0.471. The van der Waals surface area contributed by atoms with E-state index >= 15 is 0 Å². The highest BCUT2D eigenvalue weighted by Gasteiger charge is 2.68. The highest BCUT2D eigenvalue weighted by Crippen LogP contribution is 2.61. The summed E-state index contributed by atoms with van der Waals surface area (Å²) in [6.45, 7) is -0.469. The number of furan rings is 1. The minimum Gasteiger partial charge on any atom is -0.472 e. The molecule has 1 aromatic rings. The first kappa shape index (κ1) is 7.73. The maximum absolute atomic E-state index is 12.8. The molecule has 1 aliphatic rings. The molecule has 1 fully saturated rings. The summed E-state index contributed by atoms with van der Waals surface area (Å²) in [6, 6.07) is 1.51. The lowest BCUT2D eigenvalue weighted by molar-refractivity contribution is 0.0784. The van der Waals surface area contributed by atoms with E-state index < -0.39 is 24.4 Å². The third-order valence-electron chi connectivity index (χ3n) is 2.30. The molecule has 0 saturated heterocycles. The van der Waals surface area contributed by atoms with Crippen LogP contribution in [0.3, 0.4) is 0 Å². The van der Waals surface area contributed by atoms with Gasteiger partial charge in [-0.15, -0.1) is 0 Å². The summed E-state index contributed by atoms with van der Waals surface area (Å²) < 4.78 is 30.3. The number of hydrogen-bond acceptors (Lipinski definition) is 2. The number of aliphatic hydroxyl groups excluding tert-OH is 1. The van der Waals surface area contributed by atoms with Gasteiger partial charge in [0.25, 0.3) is 5.92 Å². The Morgan fingerprint density at radius 1 is 1.58 bits per heavy atom. The lowest BCUT2D eigenvalue weighted by Crippen LogP contribution is -1.96. The third kappa shape index (κ3) is 0.876. The van der Waals surface area contributed by atoms with Gasteiger partial charge in [0.1, 0.15) is 0 Å². The van der Waals surface area contributed by atoms with Gasteiger partial charge >= 0.3 is 0 Å². The van der Waals surface area contributed by atoms with Crippen LogP contribution in [-0.4, -0.2) is 17.6 Å². The molecule has 0 spiro atoms. The molecule has 0 amide bonds. The van der Waals surface area contributed by atoms with E-state index in [-0.39, 0.29) is 0 Å². The second kappa shape index (κ2) is 2.29. The van der Waals surface area contributed by atoms with Crippen LogP contribution in [0.2, 0.25) is 0 Å². The SMILES string of the molecule is OC[C@@H]1[C@@H](c2ccoc2)C1(F)F. The highest BCUT2D eigenvalue weighted by atomic mass is 19.3. The molecule has 0 unspecified atom stereocenters. The summed E-state index contributed by atoms with van der Waals surface area (Å²) in [6.07, 6.45) is 2.66. The van der Waals surface area contributed by atoms with E-state index in [1.807, 2.05) is 0 Å². The molecule has 66 valence electrons. The molecule has 2 rings (SSSR count). The zero-order chi connectivity index (χ0) is 8.77. The van der Waals surface area contributed by atoms with Crippen molar-refractivity contribution in [2.75, 3.05) is 6.61 Å². The van der Waals surface area contributed by atoms with Crippen LogP contribution in [-0.2, 0) is 0 Å². The molecular formula is C8H8F2O2. The van der Waals surface area contributed by atoms with Gasteiger partial charge in [0.15, 0.2) is 0 Å². The van der Waals surface area contributed by atoms with Gasteiger partial charge in [-0.05, 0) is 11.6 Å². The predicted molar refractivity (Wildman–Crippen MR) is 37.0 cm³/mol. The Bertz CT molecular complexity index is 269. The number of aliphatic hydroxyl groups is 1. The minimum absolute atomic E-state index is 0.469. The zero-order valence-corrected chi connectivity index (χ0v) is 6.21. The molecule has 1 heterocycles. The summed E-state index contributed by atoms with van der Waals surface area (Å²) in [5.74, 6) is -4.52. The fraction of sp³-hybridized carbons (Fsp3) is 0.500. The molecule has 2 nitrogen and oxygen atoms in total. The van der Waals surface area contributed by atoms with E-state index in [2.05, 4.69) is 4.42 Å². The summed E-state index contributed by atoms with van der Waals surface area (Å²) in [5, 5.41) is 8.60. The van der Waals surface area contributed by atoms with Gasteiger partial charge in [0, 0.05) is 0 Å². The van der Waals surface area contributed by atoms with Crippen LogP contribution < -0.4 is 0 Å². The van der Waals surface area contributed by atoms with E-state index in [1.165, 1.54) is 18.6 Å². The van der Waals surface area contributed by atoms with Crippen molar-refractivity contribution in [3.8, 4) is 0 Å². The van der Waals surface area contributed by atoms with Gasteiger partial charge in [-0.1, -0.05) is 0 Å². The molecule has 1 aliphatic carbocycles. The van der Waals surface area contributed by atoms with E-state index in [9.17, 15) is 8.78 Å². The predicted octanol–water partition coefficient (Wildman–Crippen LogP) is 1.62. The lowest BCUT2D eigenvalue weighted by atomic mass is 10.2. The Morgan fingerprint density at radius 2 is 2.33 bits per heavy atom. The molecule has 4 heteroatoms. The van der Waals surface area contributed by atoms with Gasteiger partial charge in [0.2, 0.25) is 0 Å². The van der Waals surface area contributed by atoms with Crippen molar-refractivity contribution in [3.63, 3.8) is 0 Å². The second-order valence-corrected chi connectivity index (χ2v) is 3.00. The fourth-order valence-electron chi connectivity index (χ4n) is 1.52. The van der Waals surface area contributed by atoms with E-state index in [0.717, 1.165) is 0 Å². The molecule has 12 heavy (non-hydrogen) atoms. The quantitative estimate of drug-likeness (QED) is 0.739. The van der Waals surface area contributed by atoms with E-state index in [4.69, 9.17) is 5.11 Å². The van der Waals surface area contributed by atoms with Crippen LogP contribution in [0, 0.1) is 5.92 Å². The van der Waals surface area contributed by atoms with Crippen molar-refractivity contribution in [1.29, 1.82) is 0 Å². The van der Waals surface area contributed by atoms with Crippen LogP contribution in [0.15, 0.2) is 23.0 Å². The van der Waals surface area contributed by atoms with Crippen LogP contribution >= 0.6 is 0 Å². The fourth-order valence-corrected chi connectivity index (χ4v) is 1.52. The molecule has 0 radical (unpaired) electrons. The van der Waals surface area contributed by atoms with Gasteiger partial charge in [-0.3, -0.25) is 0 Å². The summed E-state index contributed by atoms with van der Waals surface area (Å²) in [4.78, 5) is 0. The monoisotopic (exact) mass is 174 g/mol. The maximum atomic E-state index is 12.8. The topological polar surface area (TPSA) is 33.4 Å². The van der Waals surface area contributed by atoms with Gasteiger partial charge < -0.3 is 9.52 Å². The molecule has 1 aromatic heterocycles. The first-order valence-electron chi connectivity index (χ1n) is 3.68. The lowest BCUT2D eigenvalue weighted by Gasteiger charge is -1.89. The highest BCUT2D eigenvalue weighted by molar-refractivity contribution is 5.29. The van der Waals surface area contributed by atoms with Crippen molar-refractivity contribution >= 4 is 0 Å². The average Bonchev–Trinajstić information content (AvgIpc) is 2.50. The molecule has 0 aliphatic heterocycles. The first-order chi connectivity index (χ1) is 5.68. The normalized spacial score (nSPS) is 31.9. The largest absolute Gasteiger partial charge is 0.472 e. The first-order valence-corrected chi connectivity index (χ1v) is 3.68. The zero-order valence-electron chi connectivity index (χ0n) is 6.21. The van der Waals surface area contributed by atoms with Gasteiger partial charge in [-0.25, -0.2) is 8.78 Å². The number of halogens is 2. The van der Waals surface area contributed by atoms with Gasteiger partial charge in [-0.2, -0.15) is 0 Å². The Balaban J connectivity index is 2.19. The smallest absolute Gasteiger partial charge is 0.261 e.